The molecule has 2 N–H and O–H groups in total. The molecule has 1 amide bonds. The number of halogens is 2. The molecule has 0 aromatic heterocycles. The van der Waals surface area contributed by atoms with E-state index in [1.807, 2.05) is 0 Å². The molecule has 0 aliphatic heterocycles. The summed E-state index contributed by atoms with van der Waals surface area (Å²) in [4.78, 5) is 12.0. The van der Waals surface area contributed by atoms with Gasteiger partial charge >= 0.3 is 0 Å². The van der Waals surface area contributed by atoms with Gasteiger partial charge in [-0.05, 0) is 43.2 Å². The molecule has 22 heavy (non-hydrogen) atoms. The zero-order valence-electron chi connectivity index (χ0n) is 12.1. The number of amides is 1. The van der Waals surface area contributed by atoms with Crippen LogP contribution in [-0.4, -0.2) is 17.1 Å². The van der Waals surface area contributed by atoms with Crippen LogP contribution in [-0.2, 0) is 0 Å². The number of aliphatic hydroxyl groups excluding tert-OH is 1. The zero-order chi connectivity index (χ0) is 16.1. The van der Waals surface area contributed by atoms with Crippen LogP contribution in [0.15, 0.2) is 48.5 Å². The number of aliphatic hydroxyl groups is 1. The average Bonchev–Trinajstić information content (AvgIpc) is 2.48. The molecule has 0 saturated heterocycles. The van der Waals surface area contributed by atoms with Gasteiger partial charge in [-0.3, -0.25) is 4.79 Å². The summed E-state index contributed by atoms with van der Waals surface area (Å²) < 4.78 is 26.3. The minimum absolute atomic E-state index is 0.0365. The third kappa shape index (κ3) is 4.11. The average molecular weight is 305 g/mol. The SMILES string of the molecule is CC(CC(O)c1ccc(F)cc1)NC(=O)c1ccccc1F. The van der Waals surface area contributed by atoms with Gasteiger partial charge in [-0.1, -0.05) is 24.3 Å². The van der Waals surface area contributed by atoms with Crippen molar-refractivity contribution in [1.82, 2.24) is 5.32 Å². The van der Waals surface area contributed by atoms with Crippen molar-refractivity contribution in [3.63, 3.8) is 0 Å². The molecule has 0 saturated carbocycles. The van der Waals surface area contributed by atoms with Crippen LogP contribution >= 0.6 is 0 Å². The van der Waals surface area contributed by atoms with E-state index in [2.05, 4.69) is 5.32 Å². The Kier molecular flexibility index (Phi) is 5.22. The second-order valence-electron chi connectivity index (χ2n) is 5.16. The van der Waals surface area contributed by atoms with Gasteiger partial charge in [0.25, 0.3) is 5.91 Å². The summed E-state index contributed by atoms with van der Waals surface area (Å²) in [7, 11) is 0. The van der Waals surface area contributed by atoms with Gasteiger partial charge in [0.05, 0.1) is 11.7 Å². The fourth-order valence-electron chi connectivity index (χ4n) is 2.16. The summed E-state index contributed by atoms with van der Waals surface area (Å²) >= 11 is 0. The third-order valence-corrected chi connectivity index (χ3v) is 3.33. The van der Waals surface area contributed by atoms with Crippen LogP contribution < -0.4 is 5.32 Å². The van der Waals surface area contributed by atoms with E-state index in [0.29, 0.717) is 5.56 Å². The lowest BCUT2D eigenvalue weighted by atomic mass is 10.0. The lowest BCUT2D eigenvalue weighted by Gasteiger charge is -2.18. The molecular formula is C17H17F2NO2. The van der Waals surface area contributed by atoms with E-state index >= 15 is 0 Å². The molecule has 3 nitrogen and oxygen atoms in total. The first-order valence-corrected chi connectivity index (χ1v) is 6.96. The molecule has 2 atom stereocenters. The molecule has 0 heterocycles. The monoisotopic (exact) mass is 305 g/mol. The number of carbonyl (C=O) groups is 1. The van der Waals surface area contributed by atoms with E-state index in [0.717, 1.165) is 0 Å². The molecule has 0 radical (unpaired) electrons. The predicted octanol–water partition coefficient (Wildman–Crippen LogP) is 3.21. The van der Waals surface area contributed by atoms with Gasteiger partial charge in [0, 0.05) is 6.04 Å². The Morgan fingerprint density at radius 2 is 1.77 bits per heavy atom. The highest BCUT2D eigenvalue weighted by Gasteiger charge is 2.17. The van der Waals surface area contributed by atoms with Crippen LogP contribution in [0.5, 0.6) is 0 Å². The first kappa shape index (κ1) is 16.1. The summed E-state index contributed by atoms with van der Waals surface area (Å²) in [6.45, 7) is 1.71. The summed E-state index contributed by atoms with van der Waals surface area (Å²) in [5.41, 5.74) is 0.527. The Hall–Kier alpha value is -2.27. The molecule has 2 rings (SSSR count). The predicted molar refractivity (Wildman–Crippen MR) is 79.3 cm³/mol. The lowest BCUT2D eigenvalue weighted by molar-refractivity contribution is 0.0913. The number of hydrogen-bond donors (Lipinski definition) is 2. The molecule has 5 heteroatoms. The summed E-state index contributed by atoms with van der Waals surface area (Å²) in [5.74, 6) is -1.50. The van der Waals surface area contributed by atoms with Gasteiger partial charge in [-0.25, -0.2) is 8.78 Å². The van der Waals surface area contributed by atoms with Crippen LogP contribution in [0.25, 0.3) is 0 Å². The molecule has 0 aliphatic carbocycles. The smallest absolute Gasteiger partial charge is 0.254 e. The van der Waals surface area contributed by atoms with E-state index in [-0.39, 0.29) is 23.8 Å². The van der Waals surface area contributed by atoms with Crippen molar-refractivity contribution in [2.24, 2.45) is 0 Å². The topological polar surface area (TPSA) is 49.3 Å². The Balaban J connectivity index is 1.95. The van der Waals surface area contributed by atoms with Crippen LogP contribution in [0.1, 0.15) is 35.4 Å². The normalized spacial score (nSPS) is 13.5. The molecule has 0 bridgehead atoms. The zero-order valence-corrected chi connectivity index (χ0v) is 12.1. The van der Waals surface area contributed by atoms with E-state index in [1.165, 1.54) is 42.5 Å². The van der Waals surface area contributed by atoms with Crippen LogP contribution in [0.4, 0.5) is 8.78 Å². The highest BCUT2D eigenvalue weighted by molar-refractivity contribution is 5.94. The van der Waals surface area contributed by atoms with Gasteiger partial charge in [0.1, 0.15) is 11.6 Å². The molecule has 0 spiro atoms. The van der Waals surface area contributed by atoms with E-state index < -0.39 is 17.8 Å². The maximum Gasteiger partial charge on any atom is 0.254 e. The van der Waals surface area contributed by atoms with E-state index in [1.54, 1.807) is 13.0 Å². The molecule has 0 fully saturated rings. The van der Waals surface area contributed by atoms with Gasteiger partial charge < -0.3 is 10.4 Å². The Labute approximate surface area is 127 Å². The largest absolute Gasteiger partial charge is 0.388 e. The van der Waals surface area contributed by atoms with Crippen molar-refractivity contribution in [3.8, 4) is 0 Å². The number of rotatable bonds is 5. The number of benzene rings is 2. The van der Waals surface area contributed by atoms with Gasteiger partial charge in [-0.2, -0.15) is 0 Å². The lowest BCUT2D eigenvalue weighted by Crippen LogP contribution is -2.34. The van der Waals surface area contributed by atoms with E-state index in [9.17, 15) is 18.7 Å². The maximum atomic E-state index is 13.5. The fourth-order valence-corrected chi connectivity index (χ4v) is 2.16. The summed E-state index contributed by atoms with van der Waals surface area (Å²) in [6, 6.07) is 10.8. The van der Waals surface area contributed by atoms with Crippen molar-refractivity contribution in [1.29, 1.82) is 0 Å². The minimum atomic E-state index is -0.837. The van der Waals surface area contributed by atoms with Crippen molar-refractivity contribution in [2.75, 3.05) is 0 Å². The summed E-state index contributed by atoms with van der Waals surface area (Å²) in [6.07, 6.45) is -0.595. The molecule has 116 valence electrons. The quantitative estimate of drug-likeness (QED) is 0.891. The van der Waals surface area contributed by atoms with Crippen molar-refractivity contribution in [2.45, 2.75) is 25.5 Å². The van der Waals surface area contributed by atoms with Crippen molar-refractivity contribution < 1.29 is 18.7 Å². The molecule has 2 aromatic carbocycles. The standard InChI is InChI=1S/C17H17F2NO2/c1-11(10-16(21)12-6-8-13(18)9-7-12)20-17(22)14-4-2-3-5-15(14)19/h2-9,11,16,21H,10H2,1H3,(H,20,22). The maximum absolute atomic E-state index is 13.5. The second kappa shape index (κ2) is 7.13. The number of nitrogens with one attached hydrogen (secondary N) is 1. The highest BCUT2D eigenvalue weighted by Crippen LogP contribution is 2.19. The fraction of sp³-hybridized carbons (Fsp3) is 0.235. The van der Waals surface area contributed by atoms with Crippen molar-refractivity contribution in [3.05, 3.63) is 71.3 Å². The van der Waals surface area contributed by atoms with Gasteiger partial charge in [0.2, 0.25) is 0 Å². The second-order valence-corrected chi connectivity index (χ2v) is 5.16. The number of hydrogen-bond acceptors (Lipinski definition) is 2. The summed E-state index contributed by atoms with van der Waals surface area (Å²) in [5, 5.41) is 12.7. The van der Waals surface area contributed by atoms with Crippen LogP contribution in [0, 0.1) is 11.6 Å². The Bertz CT molecular complexity index is 643. The van der Waals surface area contributed by atoms with Crippen LogP contribution in [0.2, 0.25) is 0 Å². The van der Waals surface area contributed by atoms with Gasteiger partial charge in [0.15, 0.2) is 0 Å². The first-order valence-electron chi connectivity index (χ1n) is 6.96. The molecular weight excluding hydrogens is 288 g/mol. The minimum Gasteiger partial charge on any atom is -0.388 e. The number of carbonyl (C=O) groups excluding carboxylic acids is 1. The Morgan fingerprint density at radius 3 is 2.41 bits per heavy atom. The van der Waals surface area contributed by atoms with Gasteiger partial charge in [-0.15, -0.1) is 0 Å². The molecule has 2 unspecified atom stereocenters. The van der Waals surface area contributed by atoms with Crippen molar-refractivity contribution >= 4 is 5.91 Å². The highest BCUT2D eigenvalue weighted by atomic mass is 19.1. The Morgan fingerprint density at radius 1 is 1.14 bits per heavy atom. The molecule has 0 aliphatic rings. The molecule has 2 aromatic rings. The van der Waals surface area contributed by atoms with E-state index in [4.69, 9.17) is 0 Å². The third-order valence-electron chi connectivity index (χ3n) is 3.33. The van der Waals surface area contributed by atoms with Crippen LogP contribution in [0.3, 0.4) is 0 Å². The first-order chi connectivity index (χ1) is 10.5.